The minimum atomic E-state index is 0.473. The number of imidazole rings is 1. The van der Waals surface area contributed by atoms with Crippen LogP contribution in [0.1, 0.15) is 24.0 Å². The number of nitriles is 1. The molecule has 0 saturated carbocycles. The third kappa shape index (κ3) is 5.66. The molecule has 0 amide bonds. The maximum Gasteiger partial charge on any atom is 0.302 e. The van der Waals surface area contributed by atoms with E-state index in [9.17, 15) is 5.26 Å². The van der Waals surface area contributed by atoms with Gasteiger partial charge >= 0.3 is 6.01 Å². The third-order valence-corrected chi connectivity index (χ3v) is 7.72. The van der Waals surface area contributed by atoms with Crippen LogP contribution >= 0.6 is 0 Å². The SMILES string of the molecule is CN1CCC[C@@H](COc2nc(-c3ccc(C#N)cc3)c(-c3ccc(CN4CCOCC4)cc3)c3nccn23)C1. The number of piperidine rings is 1. The molecule has 0 aliphatic carbocycles. The predicted octanol–water partition coefficient (Wildman–Crippen LogP) is 4.49. The van der Waals surface area contributed by atoms with Crippen molar-refractivity contribution in [3.05, 3.63) is 72.1 Å². The normalized spacial score (nSPS) is 18.7. The van der Waals surface area contributed by atoms with Gasteiger partial charge in [0.2, 0.25) is 0 Å². The van der Waals surface area contributed by atoms with Gasteiger partial charge < -0.3 is 14.4 Å². The number of hydrogen-bond acceptors (Lipinski definition) is 7. The van der Waals surface area contributed by atoms with Crippen molar-refractivity contribution in [1.29, 1.82) is 5.26 Å². The topological polar surface area (TPSA) is 78.9 Å². The van der Waals surface area contributed by atoms with Crippen LogP contribution in [-0.2, 0) is 11.3 Å². The van der Waals surface area contributed by atoms with E-state index in [0.29, 0.717) is 24.1 Å². The molecule has 2 saturated heterocycles. The largest absolute Gasteiger partial charge is 0.464 e. The van der Waals surface area contributed by atoms with E-state index in [0.717, 1.165) is 80.4 Å². The van der Waals surface area contributed by atoms with Gasteiger partial charge in [-0.05, 0) is 49.7 Å². The number of rotatable bonds is 7. The number of fused-ring (bicyclic) bond motifs is 1. The van der Waals surface area contributed by atoms with Crippen LogP contribution in [0.25, 0.3) is 28.0 Å². The van der Waals surface area contributed by atoms with E-state index < -0.39 is 0 Å². The zero-order chi connectivity index (χ0) is 26.6. The molecule has 1 atom stereocenters. The molecule has 0 N–H and O–H groups in total. The van der Waals surface area contributed by atoms with Gasteiger partial charge in [0.1, 0.15) is 0 Å². The molecule has 2 aliphatic heterocycles. The van der Waals surface area contributed by atoms with Crippen molar-refractivity contribution in [3.63, 3.8) is 0 Å². The standard InChI is InChI=1S/C31H34N6O2/c1-35-13-2-3-25(20-35)22-39-31-34-29(27-10-4-23(19-32)5-11-27)28(30-33-12-14-37(30)31)26-8-6-24(7-9-26)21-36-15-17-38-18-16-36/h4-12,14,25H,2-3,13,15-18,20-22H2,1H3/t25-/m1/s1. The zero-order valence-corrected chi connectivity index (χ0v) is 22.4. The van der Waals surface area contributed by atoms with E-state index in [4.69, 9.17) is 19.4 Å². The highest BCUT2D eigenvalue weighted by molar-refractivity contribution is 5.90. The Bertz CT molecular complexity index is 1450. The number of nitrogens with zero attached hydrogens (tertiary/aromatic N) is 6. The van der Waals surface area contributed by atoms with Crippen LogP contribution in [0.2, 0.25) is 0 Å². The highest BCUT2D eigenvalue weighted by Crippen LogP contribution is 2.36. The minimum absolute atomic E-state index is 0.473. The monoisotopic (exact) mass is 522 g/mol. The number of ether oxygens (including phenoxy) is 2. The Morgan fingerprint density at radius 1 is 1.03 bits per heavy atom. The van der Waals surface area contributed by atoms with Gasteiger partial charge in [-0.2, -0.15) is 10.2 Å². The summed E-state index contributed by atoms with van der Waals surface area (Å²) in [5.74, 6) is 0.473. The molecule has 200 valence electrons. The molecule has 8 heteroatoms. The van der Waals surface area contributed by atoms with Gasteiger partial charge in [-0.1, -0.05) is 36.4 Å². The quantitative estimate of drug-likeness (QED) is 0.354. The van der Waals surface area contributed by atoms with Crippen LogP contribution < -0.4 is 4.74 Å². The molecule has 2 aromatic carbocycles. The summed E-state index contributed by atoms with van der Waals surface area (Å²) in [5, 5.41) is 9.33. The van der Waals surface area contributed by atoms with Crippen LogP contribution in [0.5, 0.6) is 6.01 Å². The third-order valence-electron chi connectivity index (χ3n) is 7.72. The number of aromatic nitrogens is 3. The molecule has 39 heavy (non-hydrogen) atoms. The summed E-state index contributed by atoms with van der Waals surface area (Å²) >= 11 is 0. The molecule has 2 aromatic heterocycles. The first-order chi connectivity index (χ1) is 19.2. The lowest BCUT2D eigenvalue weighted by molar-refractivity contribution is 0.0342. The van der Waals surface area contributed by atoms with Gasteiger partial charge in [0.05, 0.1) is 42.7 Å². The number of morpholine rings is 1. The Kier molecular flexibility index (Phi) is 7.55. The van der Waals surface area contributed by atoms with Crippen molar-refractivity contribution in [2.45, 2.75) is 19.4 Å². The van der Waals surface area contributed by atoms with Gasteiger partial charge in [0, 0.05) is 50.1 Å². The molecule has 0 unspecified atom stereocenters. The van der Waals surface area contributed by atoms with Crippen LogP contribution in [0, 0.1) is 17.2 Å². The first-order valence-electron chi connectivity index (χ1n) is 13.8. The zero-order valence-electron chi connectivity index (χ0n) is 22.4. The fourth-order valence-electron chi connectivity index (χ4n) is 5.63. The molecule has 2 aliphatic rings. The summed E-state index contributed by atoms with van der Waals surface area (Å²) in [4.78, 5) is 14.6. The highest BCUT2D eigenvalue weighted by atomic mass is 16.5. The van der Waals surface area contributed by atoms with Gasteiger partial charge in [-0.3, -0.25) is 9.30 Å². The molecule has 4 heterocycles. The van der Waals surface area contributed by atoms with Gasteiger partial charge in [0.25, 0.3) is 0 Å². The number of benzene rings is 2. The Morgan fingerprint density at radius 3 is 2.54 bits per heavy atom. The van der Waals surface area contributed by atoms with E-state index in [1.54, 1.807) is 6.20 Å². The molecule has 6 rings (SSSR count). The van der Waals surface area contributed by atoms with Gasteiger partial charge in [-0.25, -0.2) is 4.98 Å². The minimum Gasteiger partial charge on any atom is -0.464 e. The molecule has 0 spiro atoms. The van der Waals surface area contributed by atoms with E-state index in [1.165, 1.54) is 12.0 Å². The van der Waals surface area contributed by atoms with Crippen LogP contribution in [0.3, 0.4) is 0 Å². The smallest absolute Gasteiger partial charge is 0.302 e. The van der Waals surface area contributed by atoms with Crippen LogP contribution in [0.4, 0.5) is 0 Å². The fraction of sp³-hybridized carbons (Fsp3) is 0.387. The fourth-order valence-corrected chi connectivity index (χ4v) is 5.63. The first-order valence-corrected chi connectivity index (χ1v) is 13.8. The first kappa shape index (κ1) is 25.5. The Balaban J connectivity index is 1.37. The maximum atomic E-state index is 9.33. The van der Waals surface area contributed by atoms with Crippen molar-refractivity contribution in [1.82, 2.24) is 24.2 Å². The lowest BCUT2D eigenvalue weighted by Crippen LogP contribution is -2.35. The number of likely N-dealkylation sites (tertiary alicyclic amines) is 1. The van der Waals surface area contributed by atoms with E-state index in [1.807, 2.05) is 34.9 Å². The molecular formula is C31H34N6O2. The van der Waals surface area contributed by atoms with Crippen molar-refractivity contribution in [2.75, 3.05) is 53.0 Å². The van der Waals surface area contributed by atoms with Crippen LogP contribution in [0.15, 0.2) is 60.9 Å². The average Bonchev–Trinajstić information content (AvgIpc) is 3.47. The highest BCUT2D eigenvalue weighted by Gasteiger charge is 2.22. The molecule has 4 aromatic rings. The van der Waals surface area contributed by atoms with Gasteiger partial charge in [-0.15, -0.1) is 0 Å². The van der Waals surface area contributed by atoms with Gasteiger partial charge in [0.15, 0.2) is 5.65 Å². The lowest BCUT2D eigenvalue weighted by Gasteiger charge is -2.29. The van der Waals surface area contributed by atoms with E-state index >= 15 is 0 Å². The Morgan fingerprint density at radius 2 is 1.79 bits per heavy atom. The summed E-state index contributed by atoms with van der Waals surface area (Å²) in [6, 6.07) is 19.0. The molecule has 2 fully saturated rings. The van der Waals surface area contributed by atoms with Crippen molar-refractivity contribution in [2.24, 2.45) is 5.92 Å². The van der Waals surface area contributed by atoms with E-state index in [2.05, 4.69) is 47.2 Å². The van der Waals surface area contributed by atoms with Crippen LogP contribution in [-0.4, -0.2) is 77.2 Å². The summed E-state index contributed by atoms with van der Waals surface area (Å²) in [6.45, 7) is 7.21. The predicted molar refractivity (Wildman–Crippen MR) is 150 cm³/mol. The second-order valence-electron chi connectivity index (χ2n) is 10.6. The lowest BCUT2D eigenvalue weighted by atomic mass is 9.98. The Hall–Kier alpha value is -3.77. The second kappa shape index (κ2) is 11.5. The van der Waals surface area contributed by atoms with E-state index in [-0.39, 0.29) is 0 Å². The summed E-state index contributed by atoms with van der Waals surface area (Å²) < 4.78 is 13.8. The second-order valence-corrected chi connectivity index (χ2v) is 10.6. The average molecular weight is 523 g/mol. The molecule has 8 nitrogen and oxygen atoms in total. The maximum absolute atomic E-state index is 9.33. The van der Waals surface area contributed by atoms with Crippen molar-refractivity contribution in [3.8, 4) is 34.5 Å². The summed E-state index contributed by atoms with van der Waals surface area (Å²) in [5.41, 5.74) is 6.42. The summed E-state index contributed by atoms with van der Waals surface area (Å²) in [6.07, 6.45) is 6.07. The van der Waals surface area contributed by atoms with Crippen molar-refractivity contribution < 1.29 is 9.47 Å². The molecule has 0 radical (unpaired) electrons. The van der Waals surface area contributed by atoms with Crippen molar-refractivity contribution >= 4 is 5.65 Å². The number of hydrogen-bond donors (Lipinski definition) is 0. The summed E-state index contributed by atoms with van der Waals surface area (Å²) in [7, 11) is 2.17. The Labute approximate surface area is 229 Å². The molecule has 0 bridgehead atoms. The molecular weight excluding hydrogens is 488 g/mol.